The van der Waals surface area contributed by atoms with Crippen molar-refractivity contribution in [1.82, 2.24) is 10.2 Å². The highest BCUT2D eigenvalue weighted by Gasteiger charge is 2.41. The Hall–Kier alpha value is -2.60. The number of anilines is 1. The third-order valence-corrected chi connectivity index (χ3v) is 6.02. The largest absolute Gasteiger partial charge is 0.497 e. The number of piperazine rings is 1. The first kappa shape index (κ1) is 19.7. The number of ether oxygens (including phenoxy) is 1. The van der Waals surface area contributed by atoms with Crippen molar-refractivity contribution in [2.45, 2.75) is 25.9 Å². The summed E-state index contributed by atoms with van der Waals surface area (Å²) in [6, 6.07) is 12.9. The minimum absolute atomic E-state index is 0.0909. The molecule has 0 aliphatic carbocycles. The van der Waals surface area contributed by atoms with Gasteiger partial charge in [0.05, 0.1) is 19.1 Å². The van der Waals surface area contributed by atoms with Gasteiger partial charge in [0.2, 0.25) is 5.91 Å². The molecule has 2 aromatic rings. The summed E-state index contributed by atoms with van der Waals surface area (Å²) >= 11 is 0. The summed E-state index contributed by atoms with van der Waals surface area (Å²) in [5.41, 5.74) is 3.47. The average Bonchev–Trinajstić information content (AvgIpc) is 2.74. The van der Waals surface area contributed by atoms with Crippen molar-refractivity contribution in [2.75, 3.05) is 38.2 Å². The number of hydrogen-bond acceptors (Lipinski definition) is 4. The van der Waals surface area contributed by atoms with Crippen molar-refractivity contribution in [2.24, 2.45) is 5.92 Å². The van der Waals surface area contributed by atoms with Gasteiger partial charge in [0.25, 0.3) is 0 Å². The van der Waals surface area contributed by atoms with E-state index in [0.29, 0.717) is 6.54 Å². The van der Waals surface area contributed by atoms with Crippen molar-refractivity contribution < 1.29 is 13.9 Å². The summed E-state index contributed by atoms with van der Waals surface area (Å²) in [5, 5.41) is 3.02. The molecule has 1 amide bonds. The number of methoxy groups -OCH3 is 1. The Kier molecular flexibility index (Phi) is 5.72. The maximum Gasteiger partial charge on any atom is 0.225 e. The van der Waals surface area contributed by atoms with Crippen LogP contribution in [0.25, 0.3) is 0 Å². The topological polar surface area (TPSA) is 44.8 Å². The van der Waals surface area contributed by atoms with Crippen LogP contribution < -0.4 is 15.0 Å². The molecule has 2 aromatic carbocycles. The first-order valence-corrected chi connectivity index (χ1v) is 10.3. The van der Waals surface area contributed by atoms with E-state index in [1.54, 1.807) is 7.11 Å². The van der Waals surface area contributed by atoms with Crippen LogP contribution in [0, 0.1) is 11.7 Å². The number of benzene rings is 2. The average molecular weight is 397 g/mol. The Bertz CT molecular complexity index is 871. The molecule has 2 heterocycles. The first-order valence-electron chi connectivity index (χ1n) is 10.3. The molecule has 29 heavy (non-hydrogen) atoms. The molecule has 1 N–H and O–H groups in total. The Morgan fingerprint density at radius 1 is 1.21 bits per heavy atom. The zero-order valence-corrected chi connectivity index (χ0v) is 17.0. The molecule has 2 aliphatic rings. The SMILES string of the molecule is CCNC(=O)[C@@H]1Cc2ccc(OC)cc2N2CCN(Cc3ccc(F)cc3)C[C@@H]12. The molecule has 0 unspecified atom stereocenters. The standard InChI is InChI=1S/C23H28FN3O2/c1-3-25-23(28)20-12-17-6-9-19(29-2)13-21(17)27-11-10-26(15-22(20)27)14-16-4-7-18(24)8-5-16/h4-9,13,20,22H,3,10-12,14-15H2,1-2H3,(H,25,28)/t20-,22+/m1/s1. The van der Waals surface area contributed by atoms with Crippen LogP contribution in [0.15, 0.2) is 42.5 Å². The van der Waals surface area contributed by atoms with Crippen molar-refractivity contribution in [3.8, 4) is 5.75 Å². The third-order valence-electron chi connectivity index (χ3n) is 6.02. The molecule has 0 spiro atoms. The van der Waals surface area contributed by atoms with Gasteiger partial charge >= 0.3 is 0 Å². The molecule has 1 fully saturated rings. The number of carbonyl (C=O) groups excluding carboxylic acids is 1. The summed E-state index contributed by atoms with van der Waals surface area (Å²) in [6.07, 6.45) is 0.733. The Labute approximate surface area is 171 Å². The minimum Gasteiger partial charge on any atom is -0.497 e. The van der Waals surface area contributed by atoms with Crippen LogP contribution in [0.4, 0.5) is 10.1 Å². The molecule has 6 heteroatoms. The normalized spacial score (nSPS) is 21.3. The Balaban J connectivity index is 1.59. The lowest BCUT2D eigenvalue weighted by molar-refractivity contribution is -0.126. The van der Waals surface area contributed by atoms with Crippen molar-refractivity contribution in [1.29, 1.82) is 0 Å². The number of amides is 1. The van der Waals surface area contributed by atoms with Gasteiger partial charge in [0.15, 0.2) is 0 Å². The fraction of sp³-hybridized carbons (Fsp3) is 0.435. The van der Waals surface area contributed by atoms with E-state index in [2.05, 4.69) is 27.2 Å². The van der Waals surface area contributed by atoms with Gasteiger partial charge in [-0.05, 0) is 42.7 Å². The number of halogens is 1. The van der Waals surface area contributed by atoms with Crippen LogP contribution in [-0.4, -0.2) is 50.1 Å². The highest BCUT2D eigenvalue weighted by Crippen LogP contribution is 2.38. The van der Waals surface area contributed by atoms with Gasteiger partial charge in [-0.25, -0.2) is 4.39 Å². The molecule has 0 saturated carbocycles. The predicted molar refractivity (Wildman–Crippen MR) is 112 cm³/mol. The van der Waals surface area contributed by atoms with E-state index in [1.807, 2.05) is 25.1 Å². The second-order valence-electron chi connectivity index (χ2n) is 7.82. The predicted octanol–water partition coefficient (Wildman–Crippen LogP) is 2.83. The number of hydrogen-bond donors (Lipinski definition) is 1. The summed E-state index contributed by atoms with van der Waals surface area (Å²) in [4.78, 5) is 17.6. The Morgan fingerprint density at radius 2 is 2.00 bits per heavy atom. The van der Waals surface area contributed by atoms with Gasteiger partial charge in [-0.2, -0.15) is 0 Å². The molecule has 2 atom stereocenters. The van der Waals surface area contributed by atoms with Crippen LogP contribution in [-0.2, 0) is 17.8 Å². The molecule has 0 radical (unpaired) electrons. The Morgan fingerprint density at radius 3 is 2.72 bits per heavy atom. The van der Waals surface area contributed by atoms with Gasteiger partial charge in [-0.3, -0.25) is 9.69 Å². The second kappa shape index (κ2) is 8.41. The molecule has 0 bridgehead atoms. The smallest absolute Gasteiger partial charge is 0.225 e. The lowest BCUT2D eigenvalue weighted by Crippen LogP contribution is -2.60. The number of nitrogens with one attached hydrogen (secondary N) is 1. The number of fused-ring (bicyclic) bond motifs is 3. The number of nitrogens with zero attached hydrogens (tertiary/aromatic N) is 2. The highest BCUT2D eigenvalue weighted by atomic mass is 19.1. The van der Waals surface area contributed by atoms with Gasteiger partial charge < -0.3 is 15.0 Å². The van der Waals surface area contributed by atoms with Gasteiger partial charge in [0, 0.05) is 44.5 Å². The van der Waals surface area contributed by atoms with Gasteiger partial charge in [0.1, 0.15) is 11.6 Å². The lowest BCUT2D eigenvalue weighted by atomic mass is 9.83. The van der Waals surface area contributed by atoms with E-state index in [4.69, 9.17) is 4.74 Å². The quantitative estimate of drug-likeness (QED) is 0.843. The zero-order chi connectivity index (χ0) is 20.4. The summed E-state index contributed by atoms with van der Waals surface area (Å²) in [6.45, 7) is 5.90. The molecule has 5 nitrogen and oxygen atoms in total. The van der Waals surface area contributed by atoms with Gasteiger partial charge in [-0.15, -0.1) is 0 Å². The van der Waals surface area contributed by atoms with E-state index >= 15 is 0 Å². The van der Waals surface area contributed by atoms with Crippen LogP contribution in [0.5, 0.6) is 5.75 Å². The number of rotatable bonds is 5. The van der Waals surface area contributed by atoms with Crippen molar-refractivity contribution in [3.63, 3.8) is 0 Å². The van der Waals surface area contributed by atoms with E-state index in [1.165, 1.54) is 23.4 Å². The second-order valence-corrected chi connectivity index (χ2v) is 7.82. The van der Waals surface area contributed by atoms with Crippen LogP contribution in [0.1, 0.15) is 18.1 Å². The minimum atomic E-state index is -0.215. The molecule has 4 rings (SSSR count). The monoisotopic (exact) mass is 397 g/mol. The zero-order valence-electron chi connectivity index (χ0n) is 17.0. The molecular weight excluding hydrogens is 369 g/mol. The van der Waals surface area contributed by atoms with Crippen LogP contribution in [0.2, 0.25) is 0 Å². The maximum absolute atomic E-state index is 13.2. The fourth-order valence-electron chi connectivity index (χ4n) is 4.56. The third kappa shape index (κ3) is 4.08. The summed E-state index contributed by atoms with van der Waals surface area (Å²) in [7, 11) is 1.68. The summed E-state index contributed by atoms with van der Waals surface area (Å²) < 4.78 is 18.7. The van der Waals surface area contributed by atoms with Crippen LogP contribution >= 0.6 is 0 Å². The molecule has 0 aromatic heterocycles. The lowest BCUT2D eigenvalue weighted by Gasteiger charge is -2.49. The number of carbonyl (C=O) groups is 1. The van der Waals surface area contributed by atoms with E-state index < -0.39 is 0 Å². The first-order chi connectivity index (χ1) is 14.1. The van der Waals surface area contributed by atoms with Crippen LogP contribution in [0.3, 0.4) is 0 Å². The van der Waals surface area contributed by atoms with E-state index in [9.17, 15) is 9.18 Å². The fourth-order valence-corrected chi connectivity index (χ4v) is 4.56. The molecular formula is C23H28FN3O2. The van der Waals surface area contributed by atoms with Crippen molar-refractivity contribution in [3.05, 3.63) is 59.4 Å². The molecule has 2 aliphatic heterocycles. The molecule has 1 saturated heterocycles. The van der Waals surface area contributed by atoms with Crippen molar-refractivity contribution >= 4 is 11.6 Å². The van der Waals surface area contributed by atoms with Gasteiger partial charge in [-0.1, -0.05) is 18.2 Å². The summed E-state index contributed by atoms with van der Waals surface area (Å²) in [5.74, 6) is 0.653. The maximum atomic E-state index is 13.2. The van der Waals surface area contributed by atoms with E-state index in [0.717, 1.165) is 43.9 Å². The van der Waals surface area contributed by atoms with E-state index in [-0.39, 0.29) is 23.7 Å². The molecule has 154 valence electrons. The highest BCUT2D eigenvalue weighted by molar-refractivity contribution is 5.82.